The number of hydrogen-bond acceptors (Lipinski definition) is 4. The zero-order valence-electron chi connectivity index (χ0n) is 11.3. The molecule has 1 saturated heterocycles. The number of carbonyl (C=O) groups is 1. The van der Waals surface area contributed by atoms with Crippen molar-refractivity contribution in [2.24, 2.45) is 0 Å². The van der Waals surface area contributed by atoms with Gasteiger partial charge in [-0.05, 0) is 38.0 Å². The van der Waals surface area contributed by atoms with Gasteiger partial charge in [-0.3, -0.25) is 4.79 Å². The minimum absolute atomic E-state index is 0.0192. The van der Waals surface area contributed by atoms with E-state index >= 15 is 0 Å². The van der Waals surface area contributed by atoms with Crippen LogP contribution >= 0.6 is 0 Å². The smallest absolute Gasteiger partial charge is 0.243 e. The lowest BCUT2D eigenvalue weighted by Gasteiger charge is -2.25. The van der Waals surface area contributed by atoms with E-state index in [1.54, 1.807) is 19.1 Å². The number of carbonyl (C=O) groups excluding carboxylic acids is 1. The third kappa shape index (κ3) is 2.02. The van der Waals surface area contributed by atoms with Crippen LogP contribution in [0.4, 0.5) is 5.69 Å². The van der Waals surface area contributed by atoms with Crippen LogP contribution in [0.15, 0.2) is 18.2 Å². The van der Waals surface area contributed by atoms with Gasteiger partial charge in [0.05, 0.1) is 11.0 Å². The molecular weight excluding hydrogens is 256 g/mol. The van der Waals surface area contributed by atoms with E-state index in [1.165, 1.54) is 0 Å². The molecule has 2 aromatic rings. The molecule has 4 N–H and O–H groups in total. The fourth-order valence-electron chi connectivity index (χ4n) is 2.76. The Kier molecular flexibility index (Phi) is 3.10. The average Bonchev–Trinajstić information content (AvgIpc) is 2.78. The summed E-state index contributed by atoms with van der Waals surface area (Å²) in [5.74, 6) is 0.488. The van der Waals surface area contributed by atoms with Crippen molar-refractivity contribution in [2.75, 3.05) is 12.3 Å². The lowest BCUT2D eigenvalue weighted by molar-refractivity contribution is -0.125. The molecule has 0 saturated carbocycles. The number of nitrogens with one attached hydrogen (secondary N) is 1. The Hall–Kier alpha value is -2.08. The van der Waals surface area contributed by atoms with Crippen molar-refractivity contribution in [3.63, 3.8) is 0 Å². The topological polar surface area (TPSA) is 93.2 Å². The van der Waals surface area contributed by atoms with E-state index in [4.69, 9.17) is 5.73 Å². The van der Waals surface area contributed by atoms with Gasteiger partial charge < -0.3 is 20.7 Å². The molecule has 2 unspecified atom stereocenters. The molecule has 1 aromatic heterocycles. The molecular formula is C14H18N4O2. The Balaban J connectivity index is 2.20. The van der Waals surface area contributed by atoms with Crippen molar-refractivity contribution in [3.05, 3.63) is 24.0 Å². The van der Waals surface area contributed by atoms with Gasteiger partial charge in [0.1, 0.15) is 18.0 Å². The standard InChI is InChI=1S/C14H18N4O2/c1-8(19)13-17-10-7-9(15)4-5-11(10)18(13)12-3-2-6-16-14(12)20/h4-5,7-8,12,19H,2-3,6,15H2,1H3,(H,16,20). The third-order valence-electron chi connectivity index (χ3n) is 3.68. The summed E-state index contributed by atoms with van der Waals surface area (Å²) in [6.07, 6.45) is 0.935. The van der Waals surface area contributed by atoms with Gasteiger partial charge in [-0.2, -0.15) is 0 Å². The molecule has 0 bridgehead atoms. The number of aliphatic hydroxyl groups excluding tert-OH is 1. The van der Waals surface area contributed by atoms with Gasteiger partial charge in [-0.25, -0.2) is 4.98 Å². The number of anilines is 1. The molecule has 1 aliphatic rings. The molecule has 0 spiro atoms. The number of fused-ring (bicyclic) bond motifs is 1. The fourth-order valence-corrected chi connectivity index (χ4v) is 2.76. The van der Waals surface area contributed by atoms with Crippen LogP contribution in [0.5, 0.6) is 0 Å². The second-order valence-corrected chi connectivity index (χ2v) is 5.21. The number of nitrogens with zero attached hydrogens (tertiary/aromatic N) is 2. The first-order valence-corrected chi connectivity index (χ1v) is 6.81. The highest BCUT2D eigenvalue weighted by Gasteiger charge is 2.28. The van der Waals surface area contributed by atoms with Crippen molar-refractivity contribution in [2.45, 2.75) is 31.9 Å². The summed E-state index contributed by atoms with van der Waals surface area (Å²) in [5.41, 5.74) is 7.93. The van der Waals surface area contributed by atoms with Crippen LogP contribution < -0.4 is 11.1 Å². The number of aliphatic hydroxyl groups is 1. The first-order valence-electron chi connectivity index (χ1n) is 6.81. The summed E-state index contributed by atoms with van der Waals surface area (Å²) >= 11 is 0. The van der Waals surface area contributed by atoms with E-state index in [2.05, 4.69) is 10.3 Å². The predicted molar refractivity (Wildman–Crippen MR) is 76.1 cm³/mol. The van der Waals surface area contributed by atoms with Crippen molar-refractivity contribution in [3.8, 4) is 0 Å². The maximum Gasteiger partial charge on any atom is 0.243 e. The van der Waals surface area contributed by atoms with Crippen LogP contribution in [0.3, 0.4) is 0 Å². The van der Waals surface area contributed by atoms with Gasteiger partial charge in [0.2, 0.25) is 5.91 Å². The second-order valence-electron chi connectivity index (χ2n) is 5.21. The summed E-state index contributed by atoms with van der Waals surface area (Å²) < 4.78 is 1.84. The summed E-state index contributed by atoms with van der Waals surface area (Å²) in [7, 11) is 0. The minimum atomic E-state index is -0.738. The van der Waals surface area contributed by atoms with E-state index in [0.29, 0.717) is 23.6 Å². The lowest BCUT2D eigenvalue weighted by Crippen LogP contribution is -2.38. The van der Waals surface area contributed by atoms with Gasteiger partial charge in [0, 0.05) is 12.2 Å². The zero-order chi connectivity index (χ0) is 14.3. The van der Waals surface area contributed by atoms with Crippen LogP contribution in [0, 0.1) is 0 Å². The minimum Gasteiger partial charge on any atom is -0.399 e. The summed E-state index contributed by atoms with van der Waals surface area (Å²) in [5, 5.41) is 12.8. The lowest BCUT2D eigenvalue weighted by atomic mass is 10.1. The highest BCUT2D eigenvalue weighted by molar-refractivity contribution is 5.86. The maximum atomic E-state index is 12.1. The van der Waals surface area contributed by atoms with Crippen LogP contribution in [0.2, 0.25) is 0 Å². The van der Waals surface area contributed by atoms with E-state index in [1.807, 2.05) is 10.6 Å². The molecule has 6 nitrogen and oxygen atoms in total. The number of piperidine rings is 1. The molecule has 2 atom stereocenters. The summed E-state index contributed by atoms with van der Waals surface area (Å²) in [6, 6.07) is 5.08. The van der Waals surface area contributed by atoms with Crippen molar-refractivity contribution in [1.82, 2.24) is 14.9 Å². The Morgan fingerprint density at radius 2 is 2.35 bits per heavy atom. The Labute approximate surface area is 116 Å². The van der Waals surface area contributed by atoms with Crippen LogP contribution in [0.25, 0.3) is 11.0 Å². The number of nitrogens with two attached hydrogens (primary N) is 1. The molecule has 3 rings (SSSR count). The average molecular weight is 274 g/mol. The van der Waals surface area contributed by atoms with Crippen molar-refractivity contribution < 1.29 is 9.90 Å². The normalized spacial score (nSPS) is 20.9. The second kappa shape index (κ2) is 4.79. The fraction of sp³-hybridized carbons (Fsp3) is 0.429. The van der Waals surface area contributed by atoms with E-state index in [9.17, 15) is 9.90 Å². The molecule has 106 valence electrons. The number of amides is 1. The maximum absolute atomic E-state index is 12.1. The monoisotopic (exact) mass is 274 g/mol. The molecule has 1 aromatic carbocycles. The van der Waals surface area contributed by atoms with Crippen molar-refractivity contribution >= 4 is 22.6 Å². The highest BCUT2D eigenvalue weighted by atomic mass is 16.3. The molecule has 0 aliphatic carbocycles. The Bertz CT molecular complexity index is 662. The van der Waals surface area contributed by atoms with Crippen LogP contribution in [-0.4, -0.2) is 27.1 Å². The van der Waals surface area contributed by atoms with Crippen LogP contribution in [0.1, 0.15) is 37.7 Å². The first kappa shape index (κ1) is 12.9. The first-order chi connectivity index (χ1) is 9.58. The molecule has 1 amide bonds. The number of hydrogen-bond donors (Lipinski definition) is 3. The molecule has 1 fully saturated rings. The largest absolute Gasteiger partial charge is 0.399 e. The molecule has 20 heavy (non-hydrogen) atoms. The Morgan fingerprint density at radius 3 is 3.05 bits per heavy atom. The van der Waals surface area contributed by atoms with Gasteiger partial charge in [0.25, 0.3) is 0 Å². The highest BCUT2D eigenvalue weighted by Crippen LogP contribution is 2.29. The number of aromatic nitrogens is 2. The van der Waals surface area contributed by atoms with Crippen LogP contribution in [-0.2, 0) is 4.79 Å². The van der Waals surface area contributed by atoms with Gasteiger partial charge in [-0.1, -0.05) is 0 Å². The molecule has 2 heterocycles. The molecule has 6 heteroatoms. The number of imidazole rings is 1. The van der Waals surface area contributed by atoms with E-state index < -0.39 is 6.10 Å². The zero-order valence-corrected chi connectivity index (χ0v) is 11.3. The van der Waals surface area contributed by atoms with Gasteiger partial charge in [-0.15, -0.1) is 0 Å². The quantitative estimate of drug-likeness (QED) is 0.715. The van der Waals surface area contributed by atoms with Gasteiger partial charge >= 0.3 is 0 Å². The molecule has 0 radical (unpaired) electrons. The summed E-state index contributed by atoms with van der Waals surface area (Å²) in [4.78, 5) is 16.5. The summed E-state index contributed by atoms with van der Waals surface area (Å²) in [6.45, 7) is 2.36. The van der Waals surface area contributed by atoms with E-state index in [-0.39, 0.29) is 11.9 Å². The SMILES string of the molecule is CC(O)c1nc2cc(N)ccc2n1C1CCCNC1=O. The Morgan fingerprint density at radius 1 is 1.55 bits per heavy atom. The predicted octanol–water partition coefficient (Wildman–Crippen LogP) is 1.12. The number of benzene rings is 1. The third-order valence-corrected chi connectivity index (χ3v) is 3.68. The van der Waals surface area contributed by atoms with Crippen molar-refractivity contribution in [1.29, 1.82) is 0 Å². The van der Waals surface area contributed by atoms with Gasteiger partial charge in [0.15, 0.2) is 0 Å². The number of nitrogen functional groups attached to an aromatic ring is 1. The number of rotatable bonds is 2. The molecule has 1 aliphatic heterocycles. The van der Waals surface area contributed by atoms with E-state index in [0.717, 1.165) is 18.4 Å².